The van der Waals surface area contributed by atoms with Crippen LogP contribution in [0.15, 0.2) is 10.5 Å². The number of nitrogens with two attached hydrogens (primary N) is 1. The summed E-state index contributed by atoms with van der Waals surface area (Å²) in [4.78, 5) is 11.8. The summed E-state index contributed by atoms with van der Waals surface area (Å²) in [5.41, 5.74) is 6.47. The predicted octanol–water partition coefficient (Wildman–Crippen LogP) is 1.93. The second-order valence-corrected chi connectivity index (χ2v) is 4.73. The van der Waals surface area contributed by atoms with Crippen molar-refractivity contribution in [3.63, 3.8) is 0 Å². The number of carbonyl (C=O) groups excluding carboxylic acids is 1. The summed E-state index contributed by atoms with van der Waals surface area (Å²) in [7, 11) is 0. The molecule has 3 N–H and O–H groups in total. The lowest BCUT2D eigenvalue weighted by Gasteiger charge is -2.38. The Morgan fingerprint density at radius 3 is 2.59 bits per heavy atom. The molecule has 17 heavy (non-hydrogen) atoms. The minimum atomic E-state index is -0.178. The number of carbonyl (C=O) groups is 1. The molecule has 4 nitrogen and oxygen atoms in total. The van der Waals surface area contributed by atoms with Gasteiger partial charge in [0, 0.05) is 12.1 Å². The topological polar surface area (TPSA) is 68.3 Å². The first-order valence-electron chi connectivity index (χ1n) is 5.64. The maximum absolute atomic E-state index is 11.8. The van der Waals surface area contributed by atoms with Crippen LogP contribution in [0.3, 0.4) is 0 Å². The Labute approximate surface area is 107 Å². The first-order valence-corrected chi connectivity index (χ1v) is 5.64. The zero-order valence-corrected chi connectivity index (χ0v) is 11.0. The third-order valence-corrected chi connectivity index (χ3v) is 3.24. The van der Waals surface area contributed by atoms with Gasteiger partial charge in [0.1, 0.15) is 11.5 Å². The van der Waals surface area contributed by atoms with Gasteiger partial charge in [0.2, 0.25) is 0 Å². The van der Waals surface area contributed by atoms with Crippen molar-refractivity contribution in [3.8, 4) is 0 Å². The van der Waals surface area contributed by atoms with Gasteiger partial charge < -0.3 is 15.5 Å². The van der Waals surface area contributed by atoms with Crippen molar-refractivity contribution in [2.24, 2.45) is 5.73 Å². The number of hydrogen-bond donors (Lipinski definition) is 2. The highest BCUT2D eigenvalue weighted by Gasteiger charge is 2.32. The minimum Gasteiger partial charge on any atom is -0.466 e. The van der Waals surface area contributed by atoms with Crippen LogP contribution in [-0.4, -0.2) is 18.0 Å². The van der Waals surface area contributed by atoms with Crippen LogP contribution in [0.5, 0.6) is 0 Å². The van der Waals surface area contributed by atoms with Crippen molar-refractivity contribution in [1.82, 2.24) is 5.32 Å². The molecule has 0 bridgehead atoms. The second-order valence-electron chi connectivity index (χ2n) is 4.73. The average Bonchev–Trinajstić information content (AvgIpc) is 2.51. The standard InChI is InChI=1S/C12H18N2O2.ClH/c1-8-6-10(9(2)16-8)11(15)14-7-12(13)4-3-5-12;/h6H,3-5,7,13H2,1-2H3,(H,14,15);1H. The molecule has 0 radical (unpaired) electrons. The average molecular weight is 259 g/mol. The molecule has 1 aliphatic carbocycles. The first-order chi connectivity index (χ1) is 7.50. The van der Waals surface area contributed by atoms with Gasteiger partial charge in [0.25, 0.3) is 5.91 Å². The number of nitrogens with one attached hydrogen (secondary N) is 1. The van der Waals surface area contributed by atoms with Crippen LogP contribution >= 0.6 is 12.4 Å². The van der Waals surface area contributed by atoms with E-state index in [-0.39, 0.29) is 23.9 Å². The van der Waals surface area contributed by atoms with Crippen LogP contribution in [0.2, 0.25) is 0 Å². The number of amides is 1. The van der Waals surface area contributed by atoms with Crippen molar-refractivity contribution < 1.29 is 9.21 Å². The molecule has 0 saturated heterocycles. The lowest BCUT2D eigenvalue weighted by molar-refractivity contribution is 0.0928. The molecule has 1 amide bonds. The molecule has 2 rings (SSSR count). The number of halogens is 1. The third kappa shape index (κ3) is 3.01. The van der Waals surface area contributed by atoms with E-state index in [0.717, 1.165) is 25.0 Å². The van der Waals surface area contributed by atoms with Crippen LogP contribution in [0.4, 0.5) is 0 Å². The van der Waals surface area contributed by atoms with E-state index in [1.165, 1.54) is 0 Å². The highest BCUT2D eigenvalue weighted by Crippen LogP contribution is 2.28. The molecular weight excluding hydrogens is 240 g/mol. The molecule has 0 unspecified atom stereocenters. The highest BCUT2D eigenvalue weighted by molar-refractivity contribution is 5.95. The molecule has 0 spiro atoms. The van der Waals surface area contributed by atoms with Gasteiger partial charge in [-0.1, -0.05) is 0 Å². The van der Waals surface area contributed by atoms with Gasteiger partial charge in [-0.05, 0) is 39.2 Å². The fraction of sp³-hybridized carbons (Fsp3) is 0.583. The van der Waals surface area contributed by atoms with Gasteiger partial charge >= 0.3 is 0 Å². The minimum absolute atomic E-state index is 0. The summed E-state index contributed by atoms with van der Waals surface area (Å²) in [5.74, 6) is 1.33. The summed E-state index contributed by atoms with van der Waals surface area (Å²) in [5, 5.41) is 2.87. The van der Waals surface area contributed by atoms with Crippen LogP contribution in [0.1, 0.15) is 41.1 Å². The largest absolute Gasteiger partial charge is 0.466 e. The van der Waals surface area contributed by atoms with E-state index in [2.05, 4.69) is 5.32 Å². The Morgan fingerprint density at radius 2 is 2.18 bits per heavy atom. The fourth-order valence-corrected chi connectivity index (χ4v) is 2.02. The van der Waals surface area contributed by atoms with Gasteiger partial charge in [0.15, 0.2) is 0 Å². The normalized spacial score (nSPS) is 16.9. The highest BCUT2D eigenvalue weighted by atomic mass is 35.5. The van der Waals surface area contributed by atoms with Crippen LogP contribution < -0.4 is 11.1 Å². The van der Waals surface area contributed by atoms with Crippen LogP contribution in [0, 0.1) is 13.8 Å². The van der Waals surface area contributed by atoms with Gasteiger partial charge in [-0.15, -0.1) is 12.4 Å². The molecule has 0 aromatic carbocycles. The van der Waals surface area contributed by atoms with Crippen LogP contribution in [0.25, 0.3) is 0 Å². The smallest absolute Gasteiger partial charge is 0.254 e. The summed E-state index contributed by atoms with van der Waals surface area (Å²) >= 11 is 0. The van der Waals surface area contributed by atoms with E-state index in [4.69, 9.17) is 10.2 Å². The second kappa shape index (κ2) is 5.10. The molecule has 0 aliphatic heterocycles. The van der Waals surface area contributed by atoms with Crippen molar-refractivity contribution in [2.45, 2.75) is 38.6 Å². The molecule has 1 fully saturated rings. The first kappa shape index (κ1) is 14.1. The quantitative estimate of drug-likeness (QED) is 0.871. The zero-order valence-electron chi connectivity index (χ0n) is 10.2. The number of aryl methyl sites for hydroxylation is 2. The molecule has 1 aromatic heterocycles. The Hall–Kier alpha value is -1.000. The molecule has 1 saturated carbocycles. The van der Waals surface area contributed by atoms with Gasteiger partial charge in [-0.3, -0.25) is 4.79 Å². The summed E-state index contributed by atoms with van der Waals surface area (Å²) < 4.78 is 5.32. The fourth-order valence-electron chi connectivity index (χ4n) is 2.02. The molecule has 0 atom stereocenters. The maximum atomic E-state index is 11.8. The van der Waals surface area contributed by atoms with E-state index >= 15 is 0 Å². The Morgan fingerprint density at radius 1 is 1.53 bits per heavy atom. The Kier molecular flexibility index (Phi) is 4.22. The Balaban J connectivity index is 0.00000144. The van der Waals surface area contributed by atoms with Gasteiger partial charge in [-0.25, -0.2) is 0 Å². The molecular formula is C12H19ClN2O2. The third-order valence-electron chi connectivity index (χ3n) is 3.24. The Bertz CT molecular complexity index is 411. The summed E-state index contributed by atoms with van der Waals surface area (Å²) in [6.45, 7) is 4.18. The van der Waals surface area contributed by atoms with E-state index in [0.29, 0.717) is 17.9 Å². The van der Waals surface area contributed by atoms with Gasteiger partial charge in [0.05, 0.1) is 5.56 Å². The number of rotatable bonds is 3. The van der Waals surface area contributed by atoms with Crippen molar-refractivity contribution in [3.05, 3.63) is 23.2 Å². The molecule has 96 valence electrons. The molecule has 1 heterocycles. The van der Waals surface area contributed by atoms with E-state index in [1.807, 2.05) is 6.92 Å². The lowest BCUT2D eigenvalue weighted by Crippen LogP contribution is -2.54. The van der Waals surface area contributed by atoms with E-state index < -0.39 is 0 Å². The van der Waals surface area contributed by atoms with E-state index in [1.54, 1.807) is 13.0 Å². The van der Waals surface area contributed by atoms with E-state index in [9.17, 15) is 4.79 Å². The van der Waals surface area contributed by atoms with Crippen molar-refractivity contribution in [1.29, 1.82) is 0 Å². The SMILES string of the molecule is Cc1cc(C(=O)NCC2(N)CCC2)c(C)o1.Cl. The van der Waals surface area contributed by atoms with Gasteiger partial charge in [-0.2, -0.15) is 0 Å². The van der Waals surface area contributed by atoms with Crippen molar-refractivity contribution >= 4 is 18.3 Å². The summed E-state index contributed by atoms with van der Waals surface area (Å²) in [6, 6.07) is 1.76. The lowest BCUT2D eigenvalue weighted by atomic mass is 9.78. The molecule has 1 aromatic rings. The maximum Gasteiger partial charge on any atom is 0.254 e. The summed E-state index contributed by atoms with van der Waals surface area (Å²) in [6.07, 6.45) is 3.16. The monoisotopic (exact) mass is 258 g/mol. The zero-order chi connectivity index (χ0) is 11.8. The predicted molar refractivity (Wildman–Crippen MR) is 68.5 cm³/mol. The molecule has 1 aliphatic rings. The van der Waals surface area contributed by atoms with Crippen molar-refractivity contribution in [2.75, 3.05) is 6.54 Å². The number of hydrogen-bond acceptors (Lipinski definition) is 3. The molecule has 5 heteroatoms. The number of furan rings is 1. The van der Waals surface area contributed by atoms with Crippen LogP contribution in [-0.2, 0) is 0 Å².